The molecule has 0 saturated heterocycles. The van der Waals surface area contributed by atoms with Gasteiger partial charge in [0.2, 0.25) is 0 Å². The van der Waals surface area contributed by atoms with Gasteiger partial charge in [0.25, 0.3) is 5.56 Å². The molecule has 1 atom stereocenters. The first-order valence-electron chi connectivity index (χ1n) is 8.37. The van der Waals surface area contributed by atoms with Crippen LogP contribution in [0, 0.1) is 5.82 Å². The van der Waals surface area contributed by atoms with E-state index in [4.69, 9.17) is 0 Å². The van der Waals surface area contributed by atoms with Gasteiger partial charge in [0.05, 0.1) is 0 Å². The minimum absolute atomic E-state index is 0.0504. The Morgan fingerprint density at radius 2 is 1.96 bits per heavy atom. The molecule has 28 heavy (non-hydrogen) atoms. The number of halogens is 1. The molecule has 0 bridgehead atoms. The van der Waals surface area contributed by atoms with Crippen molar-refractivity contribution in [3.8, 4) is 11.4 Å². The first kappa shape index (κ1) is 19.7. The van der Waals surface area contributed by atoms with Crippen LogP contribution in [0.25, 0.3) is 22.4 Å². The SMILES string of the molecule is CC[C@@H](Sc1nc(-c2cccc(F)c2)nc2c1c(=O)n(C)c(=O)n2C)C(=O)O. The fourth-order valence-electron chi connectivity index (χ4n) is 2.71. The van der Waals surface area contributed by atoms with E-state index in [1.165, 1.54) is 36.9 Å². The number of carboxylic acids is 1. The van der Waals surface area contributed by atoms with E-state index in [1.54, 1.807) is 13.0 Å². The van der Waals surface area contributed by atoms with Crippen LogP contribution in [0.3, 0.4) is 0 Å². The average molecular weight is 404 g/mol. The summed E-state index contributed by atoms with van der Waals surface area (Å²) in [6, 6.07) is 5.57. The van der Waals surface area contributed by atoms with Gasteiger partial charge in [-0.3, -0.25) is 18.7 Å². The summed E-state index contributed by atoms with van der Waals surface area (Å²) < 4.78 is 15.8. The van der Waals surface area contributed by atoms with Crippen molar-refractivity contribution in [3.05, 3.63) is 50.9 Å². The highest BCUT2D eigenvalue weighted by Crippen LogP contribution is 2.30. The normalized spacial score (nSPS) is 12.3. The van der Waals surface area contributed by atoms with Gasteiger partial charge in [0, 0.05) is 19.7 Å². The van der Waals surface area contributed by atoms with Crippen LogP contribution in [-0.4, -0.2) is 35.4 Å². The topological polar surface area (TPSA) is 107 Å². The molecule has 8 nitrogen and oxygen atoms in total. The van der Waals surface area contributed by atoms with Crippen molar-refractivity contribution in [1.82, 2.24) is 19.1 Å². The monoisotopic (exact) mass is 404 g/mol. The fourth-order valence-corrected chi connectivity index (χ4v) is 3.69. The average Bonchev–Trinajstić information content (AvgIpc) is 2.67. The quantitative estimate of drug-likeness (QED) is 0.510. The summed E-state index contributed by atoms with van der Waals surface area (Å²) in [5, 5.41) is 8.74. The molecule has 0 radical (unpaired) electrons. The molecule has 0 aliphatic rings. The maximum atomic E-state index is 13.7. The Morgan fingerprint density at radius 3 is 2.57 bits per heavy atom. The van der Waals surface area contributed by atoms with Crippen molar-refractivity contribution in [2.75, 3.05) is 0 Å². The first-order valence-corrected chi connectivity index (χ1v) is 9.25. The predicted molar refractivity (Wildman–Crippen MR) is 103 cm³/mol. The molecule has 0 aliphatic heterocycles. The Bertz CT molecular complexity index is 1200. The molecule has 1 N–H and O–H groups in total. The summed E-state index contributed by atoms with van der Waals surface area (Å²) in [5.74, 6) is -1.45. The van der Waals surface area contributed by atoms with Crippen LogP contribution in [0.2, 0.25) is 0 Å². The van der Waals surface area contributed by atoms with Crippen molar-refractivity contribution in [1.29, 1.82) is 0 Å². The number of aromatic nitrogens is 4. The Balaban J connectivity index is 2.39. The molecule has 3 rings (SSSR count). The lowest BCUT2D eigenvalue weighted by atomic mass is 10.2. The minimum Gasteiger partial charge on any atom is -0.480 e. The number of fused-ring (bicyclic) bond motifs is 1. The van der Waals surface area contributed by atoms with Gasteiger partial charge < -0.3 is 5.11 Å². The standard InChI is InChI=1S/C18H17FN4O4S/c1-4-11(17(25)26)28-15-12-14(22(2)18(27)23(3)16(12)24)20-13(21-15)9-6-5-7-10(19)8-9/h5-8,11H,4H2,1-3H3,(H,25,26)/t11-/m1/s1. The largest absolute Gasteiger partial charge is 0.480 e. The van der Waals surface area contributed by atoms with Gasteiger partial charge in [-0.2, -0.15) is 0 Å². The molecule has 1 aromatic carbocycles. The Kier molecular flexibility index (Phi) is 5.32. The molecule has 0 saturated carbocycles. The van der Waals surface area contributed by atoms with E-state index in [0.29, 0.717) is 12.0 Å². The zero-order valence-electron chi connectivity index (χ0n) is 15.3. The minimum atomic E-state index is -1.05. The highest BCUT2D eigenvalue weighted by atomic mass is 32.2. The van der Waals surface area contributed by atoms with Gasteiger partial charge in [0.1, 0.15) is 21.5 Å². The summed E-state index contributed by atoms with van der Waals surface area (Å²) in [6.07, 6.45) is 0.298. The molecule has 0 unspecified atom stereocenters. The second kappa shape index (κ2) is 7.55. The zero-order chi connectivity index (χ0) is 20.6. The lowest BCUT2D eigenvalue weighted by Gasteiger charge is -2.14. The van der Waals surface area contributed by atoms with Gasteiger partial charge >= 0.3 is 11.7 Å². The molecule has 2 aromatic heterocycles. The zero-order valence-corrected chi connectivity index (χ0v) is 16.2. The van der Waals surface area contributed by atoms with Gasteiger partial charge in [0.15, 0.2) is 11.5 Å². The first-order chi connectivity index (χ1) is 13.2. The summed E-state index contributed by atoms with van der Waals surface area (Å²) in [5.41, 5.74) is -0.792. The molecular weight excluding hydrogens is 387 g/mol. The number of aliphatic carboxylic acids is 1. The third-order valence-electron chi connectivity index (χ3n) is 4.25. The number of thioether (sulfide) groups is 1. The number of aryl methyl sites for hydroxylation is 1. The highest BCUT2D eigenvalue weighted by Gasteiger charge is 2.23. The second-order valence-corrected chi connectivity index (χ2v) is 7.31. The van der Waals surface area contributed by atoms with Crippen LogP contribution in [0.5, 0.6) is 0 Å². The summed E-state index contributed by atoms with van der Waals surface area (Å²) in [6.45, 7) is 1.70. The van der Waals surface area contributed by atoms with Crippen LogP contribution in [0.1, 0.15) is 13.3 Å². The summed E-state index contributed by atoms with van der Waals surface area (Å²) in [7, 11) is 2.78. The molecule has 10 heteroatoms. The number of benzene rings is 1. The molecule has 3 aromatic rings. The van der Waals surface area contributed by atoms with Crippen molar-refractivity contribution in [2.24, 2.45) is 14.1 Å². The molecule has 2 heterocycles. The van der Waals surface area contributed by atoms with E-state index in [2.05, 4.69) is 9.97 Å². The molecular formula is C18H17FN4O4S. The molecule has 146 valence electrons. The number of carboxylic acid groups (broad SMARTS) is 1. The highest BCUT2D eigenvalue weighted by molar-refractivity contribution is 8.00. The van der Waals surface area contributed by atoms with Crippen molar-refractivity contribution < 1.29 is 14.3 Å². The number of hydrogen-bond donors (Lipinski definition) is 1. The maximum absolute atomic E-state index is 13.7. The Morgan fingerprint density at radius 1 is 1.25 bits per heavy atom. The lowest BCUT2D eigenvalue weighted by Crippen LogP contribution is -2.37. The fraction of sp³-hybridized carbons (Fsp3) is 0.278. The van der Waals surface area contributed by atoms with Gasteiger partial charge in [-0.15, -0.1) is 0 Å². The lowest BCUT2D eigenvalue weighted by molar-refractivity contribution is -0.136. The maximum Gasteiger partial charge on any atom is 0.332 e. The third kappa shape index (κ3) is 3.42. The molecule has 0 aliphatic carbocycles. The third-order valence-corrected chi connectivity index (χ3v) is 5.59. The van der Waals surface area contributed by atoms with Gasteiger partial charge in [-0.1, -0.05) is 30.8 Å². The van der Waals surface area contributed by atoms with E-state index < -0.39 is 28.3 Å². The van der Waals surface area contributed by atoms with E-state index in [-0.39, 0.29) is 21.9 Å². The number of carbonyl (C=O) groups is 1. The van der Waals surface area contributed by atoms with Crippen LogP contribution in [0.15, 0.2) is 38.9 Å². The number of nitrogens with zero attached hydrogens (tertiary/aromatic N) is 4. The second-order valence-electron chi connectivity index (χ2n) is 6.12. The van der Waals surface area contributed by atoms with Crippen LogP contribution in [0.4, 0.5) is 4.39 Å². The summed E-state index contributed by atoms with van der Waals surface area (Å²) in [4.78, 5) is 45.2. The van der Waals surface area contributed by atoms with Crippen molar-refractivity contribution in [3.63, 3.8) is 0 Å². The van der Waals surface area contributed by atoms with Crippen molar-refractivity contribution in [2.45, 2.75) is 23.6 Å². The summed E-state index contributed by atoms with van der Waals surface area (Å²) >= 11 is 0.904. The molecule has 0 fully saturated rings. The van der Waals surface area contributed by atoms with Crippen molar-refractivity contribution >= 4 is 28.8 Å². The predicted octanol–water partition coefficient (Wildman–Crippen LogP) is 1.79. The van der Waals surface area contributed by atoms with Gasteiger partial charge in [-0.25, -0.2) is 19.2 Å². The smallest absolute Gasteiger partial charge is 0.332 e. The van der Waals surface area contributed by atoms with Crippen LogP contribution in [-0.2, 0) is 18.9 Å². The van der Waals surface area contributed by atoms with Crippen LogP contribution >= 0.6 is 11.8 Å². The number of hydrogen-bond acceptors (Lipinski definition) is 6. The Hall–Kier alpha value is -3.01. The Labute approximate surface area is 162 Å². The molecule has 0 spiro atoms. The van der Waals surface area contributed by atoms with E-state index in [9.17, 15) is 23.9 Å². The van der Waals surface area contributed by atoms with Crippen LogP contribution < -0.4 is 11.2 Å². The van der Waals surface area contributed by atoms with E-state index in [0.717, 1.165) is 16.3 Å². The van der Waals surface area contributed by atoms with E-state index >= 15 is 0 Å². The molecule has 0 amide bonds. The van der Waals surface area contributed by atoms with Gasteiger partial charge in [-0.05, 0) is 18.6 Å². The number of rotatable bonds is 5. The van der Waals surface area contributed by atoms with E-state index in [1.807, 2.05) is 0 Å².